The van der Waals surface area contributed by atoms with Crippen molar-refractivity contribution < 1.29 is 80.2 Å². The second-order valence-electron chi connectivity index (χ2n) is 24.8. The van der Waals surface area contributed by atoms with Gasteiger partial charge in [-0.1, -0.05) is 263 Å². The number of esters is 4. The van der Waals surface area contributed by atoms with E-state index >= 15 is 0 Å². The first-order chi connectivity index (χ1) is 48.7. The highest BCUT2D eigenvalue weighted by Gasteiger charge is 2.30. The van der Waals surface area contributed by atoms with Crippen LogP contribution in [-0.4, -0.2) is 96.7 Å². The monoisotopic (exact) mass is 1440 g/mol. The number of phosphoric ester groups is 2. The fraction of sp³-hybridized carbons (Fsp3) is 0.654. The number of aliphatic hydroxyl groups excluding tert-OH is 1. The van der Waals surface area contributed by atoms with E-state index in [1.807, 2.05) is 18.2 Å². The Morgan fingerprint density at radius 3 is 0.910 bits per heavy atom. The van der Waals surface area contributed by atoms with Crippen molar-refractivity contribution in [1.82, 2.24) is 0 Å². The number of unbranched alkanes of at least 4 members (excludes halogenated alkanes) is 20. The third-order valence-corrected chi connectivity index (χ3v) is 17.2. The molecule has 100 heavy (non-hydrogen) atoms. The van der Waals surface area contributed by atoms with Crippen molar-refractivity contribution in [3.63, 3.8) is 0 Å². The van der Waals surface area contributed by atoms with Crippen LogP contribution in [0.25, 0.3) is 0 Å². The number of phosphoric acid groups is 2. The molecule has 0 aromatic rings. The average Bonchev–Trinajstić information content (AvgIpc) is 1.02. The van der Waals surface area contributed by atoms with E-state index in [9.17, 15) is 43.2 Å². The van der Waals surface area contributed by atoms with Crippen molar-refractivity contribution in [2.24, 2.45) is 0 Å². The molecular formula is C81H134O17P2. The molecule has 0 aliphatic rings. The summed E-state index contributed by atoms with van der Waals surface area (Å²) in [5.41, 5.74) is 0. The number of hydrogen-bond donors (Lipinski definition) is 3. The molecule has 0 amide bonds. The highest BCUT2D eigenvalue weighted by Crippen LogP contribution is 2.45. The van der Waals surface area contributed by atoms with E-state index in [1.54, 1.807) is 0 Å². The predicted molar refractivity (Wildman–Crippen MR) is 408 cm³/mol. The molecule has 0 aliphatic carbocycles. The van der Waals surface area contributed by atoms with Gasteiger partial charge in [-0.15, -0.1) is 0 Å². The summed E-state index contributed by atoms with van der Waals surface area (Å²) < 4.78 is 68.3. The summed E-state index contributed by atoms with van der Waals surface area (Å²) in [6, 6.07) is 0. The maximum absolute atomic E-state index is 13.1. The van der Waals surface area contributed by atoms with E-state index in [0.29, 0.717) is 32.1 Å². The topological polar surface area (TPSA) is 237 Å². The molecule has 0 radical (unpaired) electrons. The van der Waals surface area contributed by atoms with Gasteiger partial charge >= 0.3 is 39.5 Å². The minimum atomic E-state index is -5.00. The van der Waals surface area contributed by atoms with Gasteiger partial charge in [0, 0.05) is 25.7 Å². The van der Waals surface area contributed by atoms with Crippen LogP contribution >= 0.6 is 15.6 Å². The van der Waals surface area contributed by atoms with Crippen LogP contribution in [0.4, 0.5) is 0 Å². The van der Waals surface area contributed by atoms with Crippen molar-refractivity contribution in [3.05, 3.63) is 146 Å². The van der Waals surface area contributed by atoms with Crippen molar-refractivity contribution in [3.8, 4) is 0 Å². The van der Waals surface area contributed by atoms with E-state index in [0.717, 1.165) is 186 Å². The molecule has 0 saturated heterocycles. The standard InChI is InChI=1S/C81H134O17P2/c1-5-9-13-17-21-25-29-32-34-36-37-39-41-44-47-50-54-58-62-66-78(83)91-71-76(97-80(85)67-63-59-55-51-45-28-24-20-16-12-8-4)73-95-99(87,88)93-69-75(82)70-94-100(89,90)96-74-77(98-81(86)68-64-60-56-52-48-42-31-27-23-19-15-11-7-3)72-92-79(84)65-61-57-53-49-46-43-40-38-35-33-30-26-22-18-14-10-6-2/h9-10,13-15,19-22,24-27,31-35,37,39,44,47,54,58,75-77,82H,5-8,11-12,16-18,23,28-30,36,38,40-43,45-46,48-53,55-57,59-74H2,1-4H3,(H,87,88)(H,89,90)/b13-9-,14-10-,19-15-,24-20-,25-21-,26-22-,31-27-,34-32-,35-33-,39-37-,47-44-,58-54-. The maximum atomic E-state index is 13.1. The van der Waals surface area contributed by atoms with Gasteiger partial charge in [-0.3, -0.25) is 37.3 Å². The number of rotatable bonds is 70. The van der Waals surface area contributed by atoms with Gasteiger partial charge in [0.2, 0.25) is 0 Å². The number of hydrogen-bond acceptors (Lipinski definition) is 15. The molecule has 0 aliphatic heterocycles. The van der Waals surface area contributed by atoms with Crippen molar-refractivity contribution in [2.45, 2.75) is 303 Å². The van der Waals surface area contributed by atoms with E-state index in [4.69, 9.17) is 37.0 Å². The molecular weight excluding hydrogens is 1310 g/mol. The lowest BCUT2D eigenvalue weighted by atomic mass is 10.1. The Hall–Kier alpha value is -5.06. The lowest BCUT2D eigenvalue weighted by molar-refractivity contribution is -0.161. The molecule has 3 N–H and O–H groups in total. The summed E-state index contributed by atoms with van der Waals surface area (Å²) in [5, 5.41) is 10.6. The summed E-state index contributed by atoms with van der Waals surface area (Å²) in [6.07, 6.45) is 81.5. The van der Waals surface area contributed by atoms with Crippen molar-refractivity contribution in [2.75, 3.05) is 39.6 Å². The van der Waals surface area contributed by atoms with Gasteiger partial charge in [-0.2, -0.15) is 0 Å². The Morgan fingerprint density at radius 1 is 0.290 bits per heavy atom. The summed E-state index contributed by atoms with van der Waals surface area (Å²) in [6.45, 7) is 4.40. The molecule has 17 nitrogen and oxygen atoms in total. The first kappa shape index (κ1) is 94.9. The zero-order chi connectivity index (χ0) is 73.2. The molecule has 0 spiro atoms. The van der Waals surface area contributed by atoms with Crippen LogP contribution in [0.2, 0.25) is 0 Å². The molecule has 0 saturated carbocycles. The van der Waals surface area contributed by atoms with Crippen LogP contribution in [-0.2, 0) is 65.4 Å². The van der Waals surface area contributed by atoms with Gasteiger partial charge in [-0.25, -0.2) is 9.13 Å². The zero-order valence-electron chi connectivity index (χ0n) is 62.1. The second-order valence-corrected chi connectivity index (χ2v) is 27.7. The quantitative estimate of drug-likeness (QED) is 0.0169. The first-order valence-electron chi connectivity index (χ1n) is 38.1. The van der Waals surface area contributed by atoms with Gasteiger partial charge in [-0.05, 0) is 141 Å². The average molecular weight is 1440 g/mol. The second kappa shape index (κ2) is 72.3. The molecule has 0 bridgehead atoms. The number of allylic oxidation sites excluding steroid dienone is 24. The van der Waals surface area contributed by atoms with E-state index in [1.165, 1.54) is 12.8 Å². The lowest BCUT2D eigenvalue weighted by Crippen LogP contribution is -2.30. The highest BCUT2D eigenvalue weighted by molar-refractivity contribution is 7.47. The lowest BCUT2D eigenvalue weighted by Gasteiger charge is -2.21. The minimum Gasteiger partial charge on any atom is -0.462 e. The number of carbonyl (C=O) groups excluding carboxylic acids is 4. The third-order valence-electron chi connectivity index (χ3n) is 15.3. The number of ether oxygens (including phenoxy) is 4. The Balaban J connectivity index is 5.39. The fourth-order valence-electron chi connectivity index (χ4n) is 9.51. The zero-order valence-corrected chi connectivity index (χ0v) is 63.9. The van der Waals surface area contributed by atoms with Gasteiger partial charge < -0.3 is 33.8 Å². The summed E-state index contributed by atoms with van der Waals surface area (Å²) >= 11 is 0. The Labute approximate surface area is 605 Å². The summed E-state index contributed by atoms with van der Waals surface area (Å²) in [4.78, 5) is 72.8. The Morgan fingerprint density at radius 2 is 0.560 bits per heavy atom. The van der Waals surface area contributed by atoms with Crippen LogP contribution in [0.1, 0.15) is 285 Å². The highest BCUT2D eigenvalue weighted by atomic mass is 31.2. The SMILES string of the molecule is CC/C=C\C/C=C\C/C=C\C/C=C\C/C=C\C/C=C\CCC(=O)OCC(COP(=O)(O)OCC(O)COP(=O)(O)OCC(COC(=O)CCCCCCCCC/C=C\C/C=C\C/C=C\CC)OC(=O)CCCCCCC/C=C\C/C=C\CCC)OC(=O)CCCCCCC/C=C\CCCC. The number of carbonyl (C=O) groups is 4. The molecule has 0 rings (SSSR count). The maximum Gasteiger partial charge on any atom is 0.472 e. The van der Waals surface area contributed by atoms with Crippen LogP contribution in [0.3, 0.4) is 0 Å². The van der Waals surface area contributed by atoms with E-state index < -0.39 is 97.5 Å². The van der Waals surface area contributed by atoms with Crippen molar-refractivity contribution in [1.29, 1.82) is 0 Å². The normalized spacial score (nSPS) is 14.8. The smallest absolute Gasteiger partial charge is 0.462 e. The molecule has 570 valence electrons. The first-order valence-corrected chi connectivity index (χ1v) is 41.1. The number of aliphatic hydroxyl groups is 1. The summed E-state index contributed by atoms with van der Waals surface area (Å²) in [5.74, 6) is -2.32. The third kappa shape index (κ3) is 71.3. The van der Waals surface area contributed by atoms with Crippen LogP contribution in [0.15, 0.2) is 146 Å². The molecule has 5 unspecified atom stereocenters. The minimum absolute atomic E-state index is 0.0309. The summed E-state index contributed by atoms with van der Waals surface area (Å²) in [7, 11) is -9.98. The van der Waals surface area contributed by atoms with E-state index in [2.05, 4.69) is 155 Å². The molecule has 0 heterocycles. The van der Waals surface area contributed by atoms with Crippen LogP contribution < -0.4 is 0 Å². The Bertz CT molecular complexity index is 2470. The van der Waals surface area contributed by atoms with Crippen molar-refractivity contribution >= 4 is 39.5 Å². The fourth-order valence-corrected chi connectivity index (χ4v) is 11.1. The predicted octanol–water partition coefficient (Wildman–Crippen LogP) is 21.9. The van der Waals surface area contributed by atoms with Gasteiger partial charge in [0.15, 0.2) is 12.2 Å². The molecule has 0 aromatic heterocycles. The molecule has 0 aromatic carbocycles. The van der Waals surface area contributed by atoms with Gasteiger partial charge in [0.25, 0.3) is 0 Å². The molecule has 0 fully saturated rings. The van der Waals surface area contributed by atoms with E-state index in [-0.39, 0.29) is 25.7 Å². The largest absolute Gasteiger partial charge is 0.472 e. The van der Waals surface area contributed by atoms with Gasteiger partial charge in [0.1, 0.15) is 19.3 Å². The Kier molecular flexibility index (Phi) is 68.6. The molecule has 5 atom stereocenters. The van der Waals surface area contributed by atoms with Gasteiger partial charge in [0.05, 0.1) is 26.4 Å². The van der Waals surface area contributed by atoms with Crippen LogP contribution in [0.5, 0.6) is 0 Å². The molecule has 19 heteroatoms. The van der Waals surface area contributed by atoms with Crippen LogP contribution in [0, 0.1) is 0 Å².